The fourth-order valence-corrected chi connectivity index (χ4v) is 6.11. The van der Waals surface area contributed by atoms with E-state index in [0.717, 1.165) is 38.7 Å². The lowest BCUT2D eigenvalue weighted by molar-refractivity contribution is 0.0950. The van der Waals surface area contributed by atoms with Crippen molar-refractivity contribution >= 4 is 37.8 Å². The molecular weight excluding hydrogens is 550 g/mol. The van der Waals surface area contributed by atoms with Crippen LogP contribution in [0.3, 0.4) is 0 Å². The van der Waals surface area contributed by atoms with Gasteiger partial charge in [-0.3, -0.25) is 4.79 Å². The second-order valence-corrected chi connectivity index (χ2v) is 11.6. The number of aromatic nitrogens is 1. The summed E-state index contributed by atoms with van der Waals surface area (Å²) in [7, 11) is -2.23. The lowest BCUT2D eigenvalue weighted by atomic mass is 10.1. The topological polar surface area (TPSA) is 113 Å². The van der Waals surface area contributed by atoms with Crippen LogP contribution in [0.25, 0.3) is 33.3 Å². The predicted octanol–water partition coefficient (Wildman–Crippen LogP) is 6.04. The van der Waals surface area contributed by atoms with E-state index in [1.165, 1.54) is 24.3 Å². The maximum Gasteiger partial charge on any atom is 0.251 e. The zero-order valence-electron chi connectivity index (χ0n) is 22.9. The number of amides is 1. The average molecular weight is 580 g/mol. The lowest BCUT2D eigenvalue weighted by Crippen LogP contribution is -2.26. The standard InChI is InChI=1S/C33H29N3O5S/c1-40-29-12-6-3-9-24(29)21-34-33(37)22-14-16-25(17-15-22)42(38,39)35-19-18-27-26-10-4-5-11-28(26)36-32(27)31-20-23-8-2-7-13-30(23)41-31/h2-17,20,35-36H,18-19,21H2,1H3,(H,34,37). The van der Waals surface area contributed by atoms with Gasteiger partial charge in [0.25, 0.3) is 5.91 Å². The predicted molar refractivity (Wildman–Crippen MR) is 163 cm³/mol. The number of para-hydroxylation sites is 3. The first-order valence-electron chi connectivity index (χ1n) is 13.5. The van der Waals surface area contributed by atoms with Crippen LogP contribution in [0.5, 0.6) is 5.75 Å². The highest BCUT2D eigenvalue weighted by molar-refractivity contribution is 7.89. The van der Waals surface area contributed by atoms with Gasteiger partial charge >= 0.3 is 0 Å². The van der Waals surface area contributed by atoms with Gasteiger partial charge in [0, 0.05) is 40.5 Å². The Balaban J connectivity index is 1.14. The van der Waals surface area contributed by atoms with Gasteiger partial charge in [-0.25, -0.2) is 13.1 Å². The van der Waals surface area contributed by atoms with E-state index >= 15 is 0 Å². The van der Waals surface area contributed by atoms with Crippen molar-refractivity contribution in [3.8, 4) is 17.2 Å². The van der Waals surface area contributed by atoms with Gasteiger partial charge in [0.1, 0.15) is 11.3 Å². The number of benzene rings is 4. The molecule has 0 bridgehead atoms. The van der Waals surface area contributed by atoms with E-state index < -0.39 is 10.0 Å². The highest BCUT2D eigenvalue weighted by Gasteiger charge is 2.19. The first kappa shape index (κ1) is 27.3. The summed E-state index contributed by atoms with van der Waals surface area (Å²) < 4.78 is 40.4. The Morgan fingerprint density at radius 2 is 1.64 bits per heavy atom. The first-order valence-corrected chi connectivity index (χ1v) is 15.0. The number of hydrogen-bond donors (Lipinski definition) is 3. The summed E-state index contributed by atoms with van der Waals surface area (Å²) in [5.74, 6) is 1.07. The maximum absolute atomic E-state index is 13.1. The molecular formula is C33H29N3O5S. The summed E-state index contributed by atoms with van der Waals surface area (Å²) in [6.45, 7) is 0.465. The van der Waals surface area contributed by atoms with E-state index in [1.54, 1.807) is 7.11 Å². The lowest BCUT2D eigenvalue weighted by Gasteiger charge is -2.10. The van der Waals surface area contributed by atoms with E-state index in [0.29, 0.717) is 23.5 Å². The molecule has 6 rings (SSSR count). The van der Waals surface area contributed by atoms with Crippen LogP contribution < -0.4 is 14.8 Å². The summed E-state index contributed by atoms with van der Waals surface area (Å²) in [5, 5.41) is 4.85. The molecule has 42 heavy (non-hydrogen) atoms. The Kier molecular flexibility index (Phi) is 7.52. The molecule has 0 fully saturated rings. The Hall–Kier alpha value is -4.86. The molecule has 0 spiro atoms. The second-order valence-electron chi connectivity index (χ2n) is 9.84. The van der Waals surface area contributed by atoms with Gasteiger partial charge < -0.3 is 19.5 Å². The molecule has 9 heteroatoms. The van der Waals surface area contributed by atoms with Crippen molar-refractivity contribution in [1.29, 1.82) is 0 Å². The van der Waals surface area contributed by atoms with Crippen LogP contribution in [0.15, 0.2) is 112 Å². The molecule has 3 N–H and O–H groups in total. The van der Waals surface area contributed by atoms with Crippen LogP contribution in [-0.2, 0) is 23.0 Å². The molecule has 0 radical (unpaired) electrons. The number of H-pyrrole nitrogens is 1. The molecule has 0 atom stereocenters. The fraction of sp³-hybridized carbons (Fsp3) is 0.121. The van der Waals surface area contributed by atoms with E-state index in [4.69, 9.17) is 9.15 Å². The highest BCUT2D eigenvalue weighted by Crippen LogP contribution is 2.34. The van der Waals surface area contributed by atoms with E-state index in [1.807, 2.05) is 78.9 Å². The number of sulfonamides is 1. The molecule has 1 amide bonds. The van der Waals surface area contributed by atoms with E-state index in [2.05, 4.69) is 15.0 Å². The summed E-state index contributed by atoms with van der Waals surface area (Å²) >= 11 is 0. The quantitative estimate of drug-likeness (QED) is 0.183. The molecule has 2 heterocycles. The zero-order chi connectivity index (χ0) is 29.1. The van der Waals surface area contributed by atoms with Crippen LogP contribution in [0.2, 0.25) is 0 Å². The minimum Gasteiger partial charge on any atom is -0.496 e. The van der Waals surface area contributed by atoms with Crippen LogP contribution in [0, 0.1) is 0 Å². The Morgan fingerprint density at radius 3 is 2.45 bits per heavy atom. The molecule has 0 unspecified atom stereocenters. The molecule has 4 aromatic carbocycles. The van der Waals surface area contributed by atoms with Crippen LogP contribution in [0.4, 0.5) is 0 Å². The molecule has 0 aliphatic heterocycles. The number of rotatable bonds is 10. The normalized spacial score (nSPS) is 11.6. The van der Waals surface area contributed by atoms with Crippen molar-refractivity contribution in [3.63, 3.8) is 0 Å². The number of nitrogens with one attached hydrogen (secondary N) is 3. The number of ether oxygens (including phenoxy) is 1. The minimum atomic E-state index is -3.80. The zero-order valence-corrected chi connectivity index (χ0v) is 23.7. The molecule has 0 aliphatic carbocycles. The van der Waals surface area contributed by atoms with Gasteiger partial charge in [-0.05, 0) is 60.5 Å². The number of hydrogen-bond acceptors (Lipinski definition) is 5. The SMILES string of the molecule is COc1ccccc1CNC(=O)c1ccc(S(=O)(=O)NCCc2c(-c3cc4ccccc4o3)[nH]c3ccccc23)cc1. The number of carbonyl (C=O) groups is 1. The van der Waals surface area contributed by atoms with Gasteiger partial charge in [-0.1, -0.05) is 54.6 Å². The first-order chi connectivity index (χ1) is 20.4. The third-order valence-electron chi connectivity index (χ3n) is 7.21. The third kappa shape index (κ3) is 5.52. The van der Waals surface area contributed by atoms with Crippen LogP contribution in [-0.4, -0.2) is 33.0 Å². The molecule has 0 aliphatic rings. The molecule has 0 saturated heterocycles. The van der Waals surface area contributed by atoms with Gasteiger partial charge in [0.2, 0.25) is 10.0 Å². The van der Waals surface area contributed by atoms with E-state index in [9.17, 15) is 13.2 Å². The van der Waals surface area contributed by atoms with Crippen molar-refractivity contribution in [2.75, 3.05) is 13.7 Å². The summed E-state index contributed by atoms with van der Waals surface area (Å²) in [6.07, 6.45) is 0.444. The molecule has 0 saturated carbocycles. The summed E-state index contributed by atoms with van der Waals surface area (Å²) in [6, 6.07) is 31.0. The van der Waals surface area contributed by atoms with Crippen molar-refractivity contribution < 1.29 is 22.4 Å². The second kappa shape index (κ2) is 11.6. The van der Waals surface area contributed by atoms with Gasteiger partial charge in [-0.15, -0.1) is 0 Å². The summed E-state index contributed by atoms with van der Waals surface area (Å²) in [4.78, 5) is 16.2. The van der Waals surface area contributed by atoms with Crippen molar-refractivity contribution in [2.24, 2.45) is 0 Å². The Morgan fingerprint density at radius 1 is 0.905 bits per heavy atom. The summed E-state index contributed by atoms with van der Waals surface area (Å²) in [5.41, 5.74) is 4.73. The number of furan rings is 1. The number of fused-ring (bicyclic) bond motifs is 2. The van der Waals surface area contributed by atoms with Gasteiger partial charge in [0.05, 0.1) is 17.7 Å². The largest absolute Gasteiger partial charge is 0.496 e. The third-order valence-corrected chi connectivity index (χ3v) is 8.69. The highest BCUT2D eigenvalue weighted by atomic mass is 32.2. The van der Waals surface area contributed by atoms with Crippen LogP contribution >= 0.6 is 0 Å². The minimum absolute atomic E-state index is 0.0835. The van der Waals surface area contributed by atoms with Crippen molar-refractivity contribution in [3.05, 3.63) is 120 Å². The average Bonchev–Trinajstić information content (AvgIpc) is 3.62. The molecule has 2 aromatic heterocycles. The van der Waals surface area contributed by atoms with Crippen LogP contribution in [0.1, 0.15) is 21.5 Å². The van der Waals surface area contributed by atoms with Crippen molar-refractivity contribution in [1.82, 2.24) is 15.0 Å². The van der Waals surface area contributed by atoms with Crippen molar-refractivity contribution in [2.45, 2.75) is 17.9 Å². The Labute approximate surface area is 243 Å². The molecule has 8 nitrogen and oxygen atoms in total. The number of aromatic amines is 1. The fourth-order valence-electron chi connectivity index (χ4n) is 5.08. The monoisotopic (exact) mass is 579 g/mol. The number of carbonyl (C=O) groups excluding carboxylic acids is 1. The molecule has 6 aromatic rings. The molecule has 212 valence electrons. The maximum atomic E-state index is 13.1. The van der Waals surface area contributed by atoms with E-state index in [-0.39, 0.29) is 23.9 Å². The van der Waals surface area contributed by atoms with Gasteiger partial charge in [0.15, 0.2) is 5.76 Å². The smallest absolute Gasteiger partial charge is 0.251 e. The Bertz CT molecular complexity index is 1960. The van der Waals surface area contributed by atoms with Gasteiger partial charge in [-0.2, -0.15) is 0 Å². The number of methoxy groups -OCH3 is 1.